The van der Waals surface area contributed by atoms with Crippen LogP contribution in [0.15, 0.2) is 18.5 Å². The Balaban J connectivity index is 2.14. The first-order chi connectivity index (χ1) is 11.8. The highest BCUT2D eigenvalue weighted by molar-refractivity contribution is 6.03. The van der Waals surface area contributed by atoms with Gasteiger partial charge in [0.1, 0.15) is 11.7 Å². The van der Waals surface area contributed by atoms with E-state index in [1.807, 2.05) is 6.92 Å². The van der Waals surface area contributed by atoms with Crippen LogP contribution in [-0.2, 0) is 11.8 Å². The molecule has 10 nitrogen and oxygen atoms in total. The molecule has 0 saturated carbocycles. The average molecular weight is 348 g/mol. The summed E-state index contributed by atoms with van der Waals surface area (Å²) in [6.07, 6.45) is 3.58. The number of amides is 2. The van der Waals surface area contributed by atoms with Crippen molar-refractivity contribution in [3.05, 3.63) is 29.8 Å². The van der Waals surface area contributed by atoms with E-state index in [-0.39, 0.29) is 23.0 Å². The highest BCUT2D eigenvalue weighted by Crippen LogP contribution is 2.17. The third-order valence-corrected chi connectivity index (χ3v) is 3.55. The number of carbonyl (C=O) groups is 3. The van der Waals surface area contributed by atoms with Gasteiger partial charge in [0.15, 0.2) is 5.69 Å². The summed E-state index contributed by atoms with van der Waals surface area (Å²) in [6, 6.07) is 0.541. The fraction of sp³-hybridized carbons (Fsp3) is 0.400. The second kappa shape index (κ2) is 7.60. The minimum absolute atomic E-state index is 0.152. The van der Waals surface area contributed by atoms with E-state index in [4.69, 9.17) is 5.11 Å². The third kappa shape index (κ3) is 4.03. The number of rotatable bonds is 7. The largest absolute Gasteiger partial charge is 0.476 e. The average Bonchev–Trinajstić information content (AvgIpc) is 3.19. The van der Waals surface area contributed by atoms with Crippen LogP contribution in [0.5, 0.6) is 0 Å². The number of carboxylic acids is 1. The van der Waals surface area contributed by atoms with Crippen molar-refractivity contribution in [3.8, 4) is 0 Å². The van der Waals surface area contributed by atoms with Gasteiger partial charge in [0.05, 0.1) is 11.9 Å². The van der Waals surface area contributed by atoms with Crippen LogP contribution in [0.25, 0.3) is 0 Å². The zero-order chi connectivity index (χ0) is 18.6. The molecule has 2 heterocycles. The Morgan fingerprint density at radius 2 is 2.08 bits per heavy atom. The van der Waals surface area contributed by atoms with Crippen molar-refractivity contribution < 1.29 is 19.5 Å². The van der Waals surface area contributed by atoms with Crippen LogP contribution < -0.4 is 10.6 Å². The fourth-order valence-electron chi connectivity index (χ4n) is 2.15. The second-order valence-electron chi connectivity index (χ2n) is 5.44. The molecule has 0 aromatic carbocycles. The zero-order valence-electron chi connectivity index (χ0n) is 14.2. The van der Waals surface area contributed by atoms with E-state index in [1.165, 1.54) is 27.8 Å². The van der Waals surface area contributed by atoms with Gasteiger partial charge in [-0.2, -0.15) is 10.2 Å². The summed E-state index contributed by atoms with van der Waals surface area (Å²) >= 11 is 0. The molecule has 25 heavy (non-hydrogen) atoms. The maximum absolute atomic E-state index is 12.4. The molecule has 0 saturated heterocycles. The smallest absolute Gasteiger partial charge is 0.356 e. The van der Waals surface area contributed by atoms with Gasteiger partial charge < -0.3 is 15.7 Å². The highest BCUT2D eigenvalue weighted by Gasteiger charge is 2.22. The molecule has 0 aliphatic heterocycles. The Bertz CT molecular complexity index is 794. The van der Waals surface area contributed by atoms with Crippen molar-refractivity contribution in [2.45, 2.75) is 26.3 Å². The van der Waals surface area contributed by atoms with Crippen molar-refractivity contribution in [1.82, 2.24) is 24.9 Å². The first-order valence-corrected chi connectivity index (χ1v) is 7.74. The molecule has 0 aliphatic carbocycles. The topological polar surface area (TPSA) is 131 Å². The van der Waals surface area contributed by atoms with Gasteiger partial charge in [-0.15, -0.1) is 0 Å². The number of hydrogen-bond donors (Lipinski definition) is 3. The van der Waals surface area contributed by atoms with Crippen LogP contribution in [0, 0.1) is 0 Å². The molecule has 2 aromatic rings. The molecule has 0 radical (unpaired) electrons. The van der Waals surface area contributed by atoms with Crippen molar-refractivity contribution in [1.29, 1.82) is 0 Å². The van der Waals surface area contributed by atoms with E-state index < -0.39 is 17.9 Å². The minimum Gasteiger partial charge on any atom is -0.476 e. The predicted octanol–water partition coefficient (Wildman–Crippen LogP) is 0.654. The molecule has 0 spiro atoms. The van der Waals surface area contributed by atoms with Gasteiger partial charge in [0.25, 0.3) is 5.91 Å². The van der Waals surface area contributed by atoms with Crippen LogP contribution in [0.4, 0.5) is 5.69 Å². The van der Waals surface area contributed by atoms with E-state index in [2.05, 4.69) is 20.8 Å². The Morgan fingerprint density at radius 3 is 2.68 bits per heavy atom. The molecule has 0 fully saturated rings. The zero-order valence-corrected chi connectivity index (χ0v) is 14.2. The number of nitrogens with zero attached hydrogens (tertiary/aromatic N) is 4. The lowest BCUT2D eigenvalue weighted by molar-refractivity contribution is -0.119. The lowest BCUT2D eigenvalue weighted by Gasteiger charge is -2.13. The van der Waals surface area contributed by atoms with Gasteiger partial charge in [-0.05, 0) is 19.4 Å². The number of nitrogens with one attached hydrogen (secondary N) is 2. The van der Waals surface area contributed by atoms with E-state index >= 15 is 0 Å². The summed E-state index contributed by atoms with van der Waals surface area (Å²) in [5.41, 5.74) is 0.361. The fourth-order valence-corrected chi connectivity index (χ4v) is 2.15. The van der Waals surface area contributed by atoms with Gasteiger partial charge in [-0.3, -0.25) is 19.0 Å². The maximum atomic E-state index is 12.4. The Kier molecular flexibility index (Phi) is 5.52. The Labute approximate surface area is 143 Å². The molecular weight excluding hydrogens is 328 g/mol. The SMILES string of the molecule is CCCNC(=O)c1c(NC(=O)C(C)n2ccc(C(=O)O)n2)cnn1C. The molecule has 0 aliphatic rings. The normalized spacial score (nSPS) is 11.8. The van der Waals surface area contributed by atoms with Gasteiger partial charge >= 0.3 is 5.97 Å². The molecule has 2 aromatic heterocycles. The van der Waals surface area contributed by atoms with Crippen molar-refractivity contribution >= 4 is 23.5 Å². The van der Waals surface area contributed by atoms with E-state index in [9.17, 15) is 14.4 Å². The molecule has 0 bridgehead atoms. The van der Waals surface area contributed by atoms with E-state index in [0.29, 0.717) is 6.54 Å². The molecular formula is C15H20N6O4. The molecule has 10 heteroatoms. The molecule has 2 amide bonds. The standard InChI is InChI=1S/C15H20N6O4/c1-4-6-16-14(23)12-11(8-17-20(12)3)18-13(22)9(2)21-7-5-10(19-21)15(24)25/h5,7-9H,4,6H2,1-3H3,(H,16,23)(H,18,22)(H,24,25). The third-order valence-electron chi connectivity index (χ3n) is 3.55. The number of aromatic nitrogens is 4. The van der Waals surface area contributed by atoms with E-state index in [0.717, 1.165) is 6.42 Å². The van der Waals surface area contributed by atoms with Gasteiger partial charge in [-0.25, -0.2) is 4.79 Å². The van der Waals surface area contributed by atoms with Crippen LogP contribution in [0.2, 0.25) is 0 Å². The lowest BCUT2D eigenvalue weighted by atomic mass is 10.2. The number of anilines is 1. The van der Waals surface area contributed by atoms with Gasteiger partial charge in [-0.1, -0.05) is 6.92 Å². The van der Waals surface area contributed by atoms with Crippen molar-refractivity contribution in [2.75, 3.05) is 11.9 Å². The number of hydrogen-bond acceptors (Lipinski definition) is 5. The monoisotopic (exact) mass is 348 g/mol. The summed E-state index contributed by atoms with van der Waals surface area (Å²) in [5.74, 6) is -1.96. The first-order valence-electron chi connectivity index (χ1n) is 7.74. The predicted molar refractivity (Wildman–Crippen MR) is 88.4 cm³/mol. The maximum Gasteiger partial charge on any atom is 0.356 e. The quantitative estimate of drug-likeness (QED) is 0.673. The summed E-state index contributed by atoms with van der Waals surface area (Å²) in [7, 11) is 1.60. The Morgan fingerprint density at radius 1 is 1.36 bits per heavy atom. The van der Waals surface area contributed by atoms with E-state index in [1.54, 1.807) is 14.0 Å². The van der Waals surface area contributed by atoms with Gasteiger partial charge in [0, 0.05) is 19.8 Å². The number of aryl methyl sites for hydroxylation is 1. The molecule has 3 N–H and O–H groups in total. The molecule has 2 rings (SSSR count). The van der Waals surface area contributed by atoms with Crippen LogP contribution >= 0.6 is 0 Å². The number of carbonyl (C=O) groups excluding carboxylic acids is 2. The van der Waals surface area contributed by atoms with Gasteiger partial charge in [0.2, 0.25) is 5.91 Å². The summed E-state index contributed by atoms with van der Waals surface area (Å²) in [5, 5.41) is 22.1. The molecule has 1 atom stereocenters. The highest BCUT2D eigenvalue weighted by atomic mass is 16.4. The molecule has 134 valence electrons. The van der Waals surface area contributed by atoms with Crippen molar-refractivity contribution in [2.24, 2.45) is 7.05 Å². The number of carboxylic acid groups (broad SMARTS) is 1. The first kappa shape index (κ1) is 18.2. The molecule has 1 unspecified atom stereocenters. The van der Waals surface area contributed by atoms with Crippen LogP contribution in [-0.4, -0.2) is 49.0 Å². The van der Waals surface area contributed by atoms with Crippen molar-refractivity contribution in [3.63, 3.8) is 0 Å². The Hall–Kier alpha value is -3.17. The van der Waals surface area contributed by atoms with Crippen LogP contribution in [0.3, 0.4) is 0 Å². The van der Waals surface area contributed by atoms with Crippen LogP contribution in [0.1, 0.15) is 47.3 Å². The summed E-state index contributed by atoms with van der Waals surface area (Å²) in [4.78, 5) is 35.5. The second-order valence-corrected chi connectivity index (χ2v) is 5.44. The summed E-state index contributed by atoms with van der Waals surface area (Å²) in [6.45, 7) is 4.02. The minimum atomic E-state index is -1.17. The summed E-state index contributed by atoms with van der Waals surface area (Å²) < 4.78 is 2.62. The lowest BCUT2D eigenvalue weighted by Crippen LogP contribution is -2.29. The number of aromatic carboxylic acids is 1.